The zero-order valence-corrected chi connectivity index (χ0v) is 17.5. The predicted molar refractivity (Wildman–Crippen MR) is 127 cm³/mol. The van der Waals surface area contributed by atoms with Gasteiger partial charge in [-0.3, -0.25) is 4.98 Å². The molecule has 160 valence electrons. The lowest BCUT2D eigenvalue weighted by Crippen LogP contribution is -2.19. The average molecular weight is 433 g/mol. The van der Waals surface area contributed by atoms with Crippen LogP contribution in [-0.2, 0) is 4.74 Å². The van der Waals surface area contributed by atoms with Crippen molar-refractivity contribution in [2.45, 2.75) is 0 Å². The topological polar surface area (TPSA) is 80.3 Å². The molecule has 2 N–H and O–H groups in total. The number of esters is 1. The maximum Gasteiger partial charge on any atom is 0.352 e. The van der Waals surface area contributed by atoms with Crippen molar-refractivity contribution in [2.24, 2.45) is 0 Å². The van der Waals surface area contributed by atoms with Crippen molar-refractivity contribution in [1.29, 1.82) is 0 Å². The molecule has 33 heavy (non-hydrogen) atoms. The number of pyridine rings is 1. The summed E-state index contributed by atoms with van der Waals surface area (Å²) in [6, 6.07) is 26.8. The number of carbonyl (C=O) groups excluding carboxylic acids is 2. The molecule has 2 amide bonds. The van der Waals surface area contributed by atoms with Crippen LogP contribution < -0.4 is 10.6 Å². The van der Waals surface area contributed by atoms with Crippen LogP contribution in [0.2, 0.25) is 0 Å². The van der Waals surface area contributed by atoms with E-state index >= 15 is 0 Å². The first-order valence-corrected chi connectivity index (χ1v) is 10.1. The highest BCUT2D eigenvalue weighted by Crippen LogP contribution is 2.23. The predicted octanol–water partition coefficient (Wildman–Crippen LogP) is 5.56. The molecule has 0 aliphatic heterocycles. The molecule has 0 bridgehead atoms. The number of aromatic nitrogens is 1. The Balaban J connectivity index is 1.37. The van der Waals surface area contributed by atoms with Crippen molar-refractivity contribution in [3.63, 3.8) is 0 Å². The van der Waals surface area contributed by atoms with Gasteiger partial charge in [-0.25, -0.2) is 9.59 Å². The number of hydrogen-bond donors (Lipinski definition) is 2. The average Bonchev–Trinajstić information content (AvgIpc) is 2.86. The molecule has 1 aromatic heterocycles. The van der Waals surface area contributed by atoms with E-state index in [1.165, 1.54) is 0 Å². The molecule has 4 aromatic rings. The molecular formula is C27H19N3O3. The molecule has 0 atom stereocenters. The van der Waals surface area contributed by atoms with Crippen LogP contribution in [0.15, 0.2) is 103 Å². The summed E-state index contributed by atoms with van der Waals surface area (Å²) >= 11 is 0. The molecule has 1 heterocycles. The Morgan fingerprint density at radius 3 is 2.24 bits per heavy atom. The van der Waals surface area contributed by atoms with Gasteiger partial charge >= 0.3 is 12.0 Å². The first-order valence-electron chi connectivity index (χ1n) is 10.1. The first kappa shape index (κ1) is 21.3. The van der Waals surface area contributed by atoms with Crippen molar-refractivity contribution < 1.29 is 14.3 Å². The summed E-state index contributed by atoms with van der Waals surface area (Å²) in [5.74, 6) is 2.27. The largest absolute Gasteiger partial charge is 0.368 e. The second kappa shape index (κ2) is 10.4. The number of nitrogens with zero attached hydrogens (tertiary/aromatic N) is 1. The molecule has 0 saturated carbocycles. The highest BCUT2D eigenvalue weighted by atomic mass is 16.5. The Morgan fingerprint density at radius 1 is 0.758 bits per heavy atom. The Labute approximate surface area is 191 Å². The van der Waals surface area contributed by atoms with Gasteiger partial charge in [0.25, 0.3) is 0 Å². The van der Waals surface area contributed by atoms with Gasteiger partial charge in [-0.05, 0) is 59.5 Å². The number of urea groups is 1. The lowest BCUT2D eigenvalue weighted by Gasteiger charge is -2.07. The molecule has 0 saturated heterocycles. The highest BCUT2D eigenvalue weighted by molar-refractivity contribution is 5.99. The Hall–Kier alpha value is -4.89. The lowest BCUT2D eigenvalue weighted by atomic mass is 10.00. The smallest absolute Gasteiger partial charge is 0.352 e. The minimum absolute atomic E-state index is 0.382. The SMILES string of the molecule is O=C(Nc1ccc(C#COC(=O)c2ccccc2-c2ccccc2)cc1)Nc1cccnc1. The molecule has 0 spiro atoms. The van der Waals surface area contributed by atoms with Crippen LogP contribution in [0, 0.1) is 12.0 Å². The van der Waals surface area contributed by atoms with Gasteiger partial charge < -0.3 is 15.4 Å². The van der Waals surface area contributed by atoms with E-state index in [0.717, 1.165) is 11.1 Å². The number of carbonyl (C=O) groups is 2. The second-order valence-corrected chi connectivity index (χ2v) is 6.93. The summed E-state index contributed by atoms with van der Waals surface area (Å²) in [5.41, 5.74) is 3.97. The van der Waals surface area contributed by atoms with Crippen molar-refractivity contribution >= 4 is 23.4 Å². The molecule has 3 aromatic carbocycles. The van der Waals surface area contributed by atoms with Gasteiger partial charge in [-0.15, -0.1) is 0 Å². The van der Waals surface area contributed by atoms with E-state index in [9.17, 15) is 9.59 Å². The number of hydrogen-bond acceptors (Lipinski definition) is 4. The minimum atomic E-state index is -0.521. The van der Waals surface area contributed by atoms with Gasteiger partial charge in [0.15, 0.2) is 0 Å². The maximum atomic E-state index is 12.6. The highest BCUT2D eigenvalue weighted by Gasteiger charge is 2.13. The summed E-state index contributed by atoms with van der Waals surface area (Å²) in [4.78, 5) is 28.6. The third kappa shape index (κ3) is 5.84. The molecule has 0 aliphatic carbocycles. The quantitative estimate of drug-likeness (QED) is 0.326. The standard InChI is InChI=1S/C27H19N3O3/c31-26(25-11-5-4-10-24(25)21-7-2-1-3-8-21)33-18-16-20-12-14-22(15-13-20)29-27(32)30-23-9-6-17-28-19-23/h1-15,17,19H,(H2,29,30,32). The number of benzene rings is 3. The van der Waals surface area contributed by atoms with Crippen molar-refractivity contribution in [1.82, 2.24) is 4.98 Å². The molecule has 0 fully saturated rings. The van der Waals surface area contributed by atoms with Crippen LogP contribution in [0.3, 0.4) is 0 Å². The molecule has 6 nitrogen and oxygen atoms in total. The summed E-state index contributed by atoms with van der Waals surface area (Å²) in [7, 11) is 0. The van der Waals surface area contributed by atoms with Crippen molar-refractivity contribution in [3.8, 4) is 23.2 Å². The number of anilines is 2. The fraction of sp³-hybridized carbons (Fsp3) is 0. The third-order valence-electron chi connectivity index (χ3n) is 4.63. The molecule has 6 heteroatoms. The Morgan fingerprint density at radius 2 is 1.48 bits per heavy atom. The van der Waals surface area contributed by atoms with Crippen molar-refractivity contribution in [2.75, 3.05) is 10.6 Å². The van der Waals surface area contributed by atoms with Gasteiger partial charge in [0.05, 0.1) is 17.4 Å². The summed E-state index contributed by atoms with van der Waals surface area (Å²) in [6.07, 6.45) is 5.65. The monoisotopic (exact) mass is 433 g/mol. The normalized spacial score (nSPS) is 9.82. The van der Waals surface area contributed by atoms with Gasteiger partial charge in [-0.1, -0.05) is 48.5 Å². The fourth-order valence-corrected chi connectivity index (χ4v) is 3.08. The van der Waals surface area contributed by atoms with Gasteiger partial charge in [0, 0.05) is 17.4 Å². The molecule has 0 aliphatic rings. The first-order chi connectivity index (χ1) is 16.2. The van der Waals surface area contributed by atoms with E-state index < -0.39 is 5.97 Å². The van der Waals surface area contributed by atoms with E-state index in [-0.39, 0.29) is 6.03 Å². The maximum absolute atomic E-state index is 12.6. The molecule has 0 radical (unpaired) electrons. The zero-order chi connectivity index (χ0) is 22.9. The van der Waals surface area contributed by atoms with Crippen LogP contribution in [-0.4, -0.2) is 17.0 Å². The number of nitrogens with one attached hydrogen (secondary N) is 2. The van der Waals surface area contributed by atoms with E-state index in [0.29, 0.717) is 22.5 Å². The van der Waals surface area contributed by atoms with E-state index in [2.05, 4.69) is 27.6 Å². The van der Waals surface area contributed by atoms with Gasteiger partial charge in [-0.2, -0.15) is 0 Å². The number of amides is 2. The molecule has 0 unspecified atom stereocenters. The molecule has 4 rings (SSSR count). The summed E-state index contributed by atoms with van der Waals surface area (Å²) in [6.45, 7) is 0. The number of ether oxygens (including phenoxy) is 1. The number of rotatable bonds is 4. The van der Waals surface area contributed by atoms with Crippen LogP contribution in [0.5, 0.6) is 0 Å². The summed E-state index contributed by atoms with van der Waals surface area (Å²) < 4.78 is 5.17. The van der Waals surface area contributed by atoms with Gasteiger partial charge in [0.1, 0.15) is 6.11 Å². The Kier molecular flexibility index (Phi) is 6.74. The van der Waals surface area contributed by atoms with Crippen LogP contribution in [0.1, 0.15) is 15.9 Å². The fourth-order valence-electron chi connectivity index (χ4n) is 3.08. The van der Waals surface area contributed by atoms with E-state index in [1.54, 1.807) is 60.9 Å². The zero-order valence-electron chi connectivity index (χ0n) is 17.5. The third-order valence-corrected chi connectivity index (χ3v) is 4.63. The van der Waals surface area contributed by atoms with E-state index in [4.69, 9.17) is 4.74 Å². The van der Waals surface area contributed by atoms with Gasteiger partial charge in [0.2, 0.25) is 0 Å². The van der Waals surface area contributed by atoms with Crippen LogP contribution >= 0.6 is 0 Å². The van der Waals surface area contributed by atoms with Crippen LogP contribution in [0.4, 0.5) is 16.2 Å². The van der Waals surface area contributed by atoms with Crippen molar-refractivity contribution in [3.05, 3.63) is 115 Å². The molecular weight excluding hydrogens is 414 g/mol. The summed E-state index contributed by atoms with van der Waals surface area (Å²) in [5, 5.41) is 5.41. The lowest BCUT2D eigenvalue weighted by molar-refractivity contribution is 0.0691. The minimum Gasteiger partial charge on any atom is -0.368 e. The Bertz CT molecular complexity index is 1310. The second-order valence-electron chi connectivity index (χ2n) is 6.93. The van der Waals surface area contributed by atoms with Crippen LogP contribution in [0.25, 0.3) is 11.1 Å². The van der Waals surface area contributed by atoms with E-state index in [1.807, 2.05) is 42.5 Å².